The summed E-state index contributed by atoms with van der Waals surface area (Å²) in [5.74, 6) is 0.286. The molecule has 3 heterocycles. The van der Waals surface area contributed by atoms with Gasteiger partial charge in [-0.15, -0.1) is 51.8 Å². The zero-order chi connectivity index (χ0) is 35.0. The molecule has 0 bridgehead atoms. The fourth-order valence-electron chi connectivity index (χ4n) is 6.20. The van der Waals surface area contributed by atoms with E-state index in [4.69, 9.17) is 9.97 Å². The molecule has 7 heteroatoms. The smallest absolute Gasteiger partial charge is 0.164 e. The summed E-state index contributed by atoms with van der Waals surface area (Å²) in [6.45, 7) is 21.1. The predicted octanol–water partition coefficient (Wildman–Crippen LogP) is 12.9. The summed E-state index contributed by atoms with van der Waals surface area (Å²) in [7, 11) is 0. The van der Waals surface area contributed by atoms with Crippen LogP contribution in [0.1, 0.15) is 99.1 Å². The molecule has 0 unspecified atom stereocenters. The zero-order valence-electron chi connectivity index (χ0n) is 30.5. The van der Waals surface area contributed by atoms with Gasteiger partial charge >= 0.3 is 0 Å². The molecular weight excluding hydrogens is 821 g/mol. The number of ketones is 1. The number of aryl methyl sites for hydroxylation is 1. The first-order valence-electron chi connectivity index (χ1n) is 17.2. The number of rotatable bonds is 8. The van der Waals surface area contributed by atoms with Crippen molar-refractivity contribution in [3.05, 3.63) is 83.2 Å². The maximum absolute atomic E-state index is 12.2. The number of carbonyl (C=O) groups excluding carboxylic acids is 1. The van der Waals surface area contributed by atoms with Crippen molar-refractivity contribution < 1.29 is 30.0 Å². The van der Waals surface area contributed by atoms with Gasteiger partial charge in [-0.25, -0.2) is 4.98 Å². The number of aliphatic hydroxyl groups is 1. The largest absolute Gasteiger partial charge is 0.512 e. The van der Waals surface area contributed by atoms with Gasteiger partial charge in [0, 0.05) is 67.6 Å². The van der Waals surface area contributed by atoms with Crippen LogP contribution in [0.25, 0.3) is 52.4 Å². The Hall–Kier alpha value is -2.96. The molecular formula is C42H49IrN2O2S2-. The fraction of sp³-hybridized carbons (Fsp3) is 0.405. The summed E-state index contributed by atoms with van der Waals surface area (Å²) < 4.78 is 3.72. The van der Waals surface area contributed by atoms with Gasteiger partial charge in [0.25, 0.3) is 0 Å². The molecule has 0 aliphatic carbocycles. The van der Waals surface area contributed by atoms with Crippen LogP contribution in [0.5, 0.6) is 0 Å². The normalized spacial score (nSPS) is 12.7. The molecule has 4 nitrogen and oxygen atoms in total. The molecule has 0 aliphatic rings. The third-order valence-electron chi connectivity index (χ3n) is 10.6. The molecule has 49 heavy (non-hydrogen) atoms. The van der Waals surface area contributed by atoms with E-state index in [9.17, 15) is 9.90 Å². The SMILES string of the molecule is CCC(C)(CC)C(=O)/C=C(\O)C(C)(CC)CC.Cc1csc2ccc3sc4c(-c5[c-]c6ccccc6c(C(C)(C)C)c5)ncnc4c3c12.[Ir]. The van der Waals surface area contributed by atoms with Crippen molar-refractivity contribution in [2.24, 2.45) is 10.8 Å². The van der Waals surface area contributed by atoms with Gasteiger partial charge in [-0.1, -0.05) is 91.5 Å². The van der Waals surface area contributed by atoms with Gasteiger partial charge in [0.2, 0.25) is 0 Å². The molecule has 0 amide bonds. The van der Waals surface area contributed by atoms with Crippen LogP contribution >= 0.6 is 22.7 Å². The van der Waals surface area contributed by atoms with E-state index in [1.54, 1.807) is 29.0 Å². The number of allylic oxidation sites excluding steroid dienone is 2. The first kappa shape index (κ1) is 38.8. The van der Waals surface area contributed by atoms with Crippen LogP contribution in [0.15, 0.2) is 66.0 Å². The number of aliphatic hydroxyl groups excluding tert-OH is 1. The van der Waals surface area contributed by atoms with E-state index in [0.717, 1.165) is 52.5 Å². The number of fused-ring (bicyclic) bond motifs is 6. The number of nitrogens with zero attached hydrogens (tertiary/aromatic N) is 2. The van der Waals surface area contributed by atoms with Crippen LogP contribution in [-0.4, -0.2) is 20.9 Å². The van der Waals surface area contributed by atoms with E-state index in [1.165, 1.54) is 42.8 Å². The topological polar surface area (TPSA) is 63.1 Å². The number of hydrogen-bond acceptors (Lipinski definition) is 6. The third-order valence-corrected chi connectivity index (χ3v) is 12.8. The quantitative estimate of drug-likeness (QED) is 0.0940. The maximum Gasteiger partial charge on any atom is 0.164 e. The van der Waals surface area contributed by atoms with Crippen molar-refractivity contribution in [1.29, 1.82) is 0 Å². The number of thiophene rings is 2. The van der Waals surface area contributed by atoms with Crippen LogP contribution in [0.2, 0.25) is 0 Å². The first-order valence-corrected chi connectivity index (χ1v) is 18.9. The van der Waals surface area contributed by atoms with Crippen molar-refractivity contribution in [3.63, 3.8) is 0 Å². The van der Waals surface area contributed by atoms with Crippen LogP contribution in [-0.2, 0) is 30.3 Å². The number of benzene rings is 3. The van der Waals surface area contributed by atoms with E-state index in [2.05, 4.69) is 81.6 Å². The number of carbonyl (C=O) groups is 1. The van der Waals surface area contributed by atoms with E-state index < -0.39 is 0 Å². The van der Waals surface area contributed by atoms with Crippen molar-refractivity contribution in [2.75, 3.05) is 0 Å². The Kier molecular flexibility index (Phi) is 12.0. The van der Waals surface area contributed by atoms with Crippen molar-refractivity contribution in [3.8, 4) is 11.3 Å². The Morgan fingerprint density at radius 2 is 1.51 bits per heavy atom. The van der Waals surface area contributed by atoms with Crippen molar-refractivity contribution in [2.45, 2.75) is 100 Å². The third kappa shape index (κ3) is 7.42. The minimum atomic E-state index is -0.337. The van der Waals surface area contributed by atoms with E-state index in [0.29, 0.717) is 0 Å². The van der Waals surface area contributed by atoms with E-state index in [-0.39, 0.29) is 47.9 Å². The van der Waals surface area contributed by atoms with E-state index >= 15 is 0 Å². The Balaban J connectivity index is 0.000000260. The van der Waals surface area contributed by atoms with Gasteiger partial charge in [0.05, 0.1) is 5.52 Å². The fourth-order valence-corrected chi connectivity index (χ4v) is 8.31. The summed E-state index contributed by atoms with van der Waals surface area (Å²) in [6.07, 6.45) is 6.47. The number of hydrogen-bond donors (Lipinski definition) is 1. The van der Waals surface area contributed by atoms with Gasteiger partial charge < -0.3 is 5.11 Å². The van der Waals surface area contributed by atoms with Gasteiger partial charge in [-0.3, -0.25) is 9.78 Å². The summed E-state index contributed by atoms with van der Waals surface area (Å²) in [4.78, 5) is 21.7. The average molecular weight is 870 g/mol. The van der Waals surface area contributed by atoms with Gasteiger partial charge in [0.1, 0.15) is 12.1 Å². The van der Waals surface area contributed by atoms with Crippen molar-refractivity contribution >= 4 is 69.6 Å². The second-order valence-electron chi connectivity index (χ2n) is 14.6. The second kappa shape index (κ2) is 15.1. The first-order chi connectivity index (χ1) is 22.7. The molecule has 6 aromatic rings. The van der Waals surface area contributed by atoms with Crippen LogP contribution in [0.3, 0.4) is 0 Å². The predicted molar refractivity (Wildman–Crippen MR) is 209 cm³/mol. The monoisotopic (exact) mass is 870 g/mol. The molecule has 6 rings (SSSR count). The average Bonchev–Trinajstić information content (AvgIpc) is 3.66. The van der Waals surface area contributed by atoms with Crippen LogP contribution in [0, 0.1) is 23.8 Å². The molecule has 0 aliphatic heterocycles. The molecule has 1 N–H and O–H groups in total. The zero-order valence-corrected chi connectivity index (χ0v) is 34.5. The Morgan fingerprint density at radius 3 is 2.14 bits per heavy atom. The maximum atomic E-state index is 12.2. The summed E-state index contributed by atoms with van der Waals surface area (Å²) in [5, 5.41) is 17.4. The summed E-state index contributed by atoms with van der Waals surface area (Å²) in [5.41, 5.74) is 5.13. The molecule has 3 aromatic heterocycles. The molecule has 0 saturated carbocycles. The second-order valence-corrected chi connectivity index (χ2v) is 16.5. The summed E-state index contributed by atoms with van der Waals surface area (Å²) >= 11 is 3.59. The standard InChI is InChI=1S/C27H21N2S2.C15H28O2.Ir/c1-15-13-30-20-9-10-21-23(22(15)20)25-26(31-21)24(28-14-29-25)17-11-16-7-5-6-8-18(16)19(12-17)27(2,3)4;1-7-14(5,8-2)12(16)11-13(17)15(6,9-3)10-4;/h5-10,12-14H,1-4H3;11,16H,7-10H2,1-6H3;/q-1;;/b;12-11-;. The van der Waals surface area contributed by atoms with Crippen molar-refractivity contribution in [1.82, 2.24) is 9.97 Å². The van der Waals surface area contributed by atoms with E-state index in [1.807, 2.05) is 41.5 Å². The Bertz CT molecular complexity index is 2140. The molecule has 3 aromatic carbocycles. The number of aromatic nitrogens is 2. The molecule has 0 saturated heterocycles. The molecule has 0 spiro atoms. The minimum absolute atomic E-state index is 0. The Labute approximate surface area is 313 Å². The van der Waals surface area contributed by atoms with Gasteiger partial charge in [-0.2, -0.15) is 0 Å². The molecule has 0 fully saturated rings. The molecule has 0 atom stereocenters. The van der Waals surface area contributed by atoms with Gasteiger partial charge in [-0.05, 0) is 61.1 Å². The van der Waals surface area contributed by atoms with Gasteiger partial charge in [0.15, 0.2) is 5.78 Å². The van der Waals surface area contributed by atoms with Crippen LogP contribution < -0.4 is 0 Å². The molecule has 1 radical (unpaired) electrons. The minimum Gasteiger partial charge on any atom is -0.512 e. The Morgan fingerprint density at radius 1 is 0.878 bits per heavy atom. The van der Waals surface area contributed by atoms with Crippen LogP contribution in [0.4, 0.5) is 0 Å². The summed E-state index contributed by atoms with van der Waals surface area (Å²) in [6, 6.07) is 18.9. The molecule has 261 valence electrons.